The van der Waals surface area contributed by atoms with E-state index in [0.29, 0.717) is 5.56 Å². The van der Waals surface area contributed by atoms with Crippen LogP contribution in [0.15, 0.2) is 0 Å². The molecule has 0 saturated heterocycles. The molecule has 0 radical (unpaired) electrons. The van der Waals surface area contributed by atoms with Crippen LogP contribution in [0.4, 0.5) is 0 Å². The lowest BCUT2D eigenvalue weighted by atomic mass is 9.89. The summed E-state index contributed by atoms with van der Waals surface area (Å²) >= 11 is 0. The standard InChI is InChI=1S/C16H23NO4/c1-8-9(2)11(4)14(12(5)10(8)3)15(19)17-13(6-7-18)16(20)21/h13,18H,6-7H2,1-5H3,(H,17,19)(H,20,21)/t13-/m0/s1. The smallest absolute Gasteiger partial charge is 0.326 e. The number of nitrogens with one attached hydrogen (secondary N) is 1. The van der Waals surface area contributed by atoms with E-state index in [-0.39, 0.29) is 13.0 Å². The second-order valence-corrected chi connectivity index (χ2v) is 5.38. The second kappa shape index (κ2) is 6.72. The van der Waals surface area contributed by atoms with Gasteiger partial charge < -0.3 is 15.5 Å². The minimum atomic E-state index is -1.15. The normalized spacial score (nSPS) is 12.1. The molecule has 0 saturated carbocycles. The maximum atomic E-state index is 12.4. The zero-order chi connectivity index (χ0) is 16.3. The van der Waals surface area contributed by atoms with Crippen molar-refractivity contribution >= 4 is 11.9 Å². The molecule has 5 heteroatoms. The monoisotopic (exact) mass is 293 g/mol. The Kier molecular flexibility index (Phi) is 5.49. The predicted molar refractivity (Wildman–Crippen MR) is 80.7 cm³/mol. The van der Waals surface area contributed by atoms with Gasteiger partial charge in [0.15, 0.2) is 0 Å². The largest absolute Gasteiger partial charge is 0.480 e. The summed E-state index contributed by atoms with van der Waals surface area (Å²) in [6.45, 7) is 9.36. The van der Waals surface area contributed by atoms with Gasteiger partial charge in [-0.2, -0.15) is 0 Å². The van der Waals surface area contributed by atoms with Crippen LogP contribution in [0.1, 0.15) is 44.6 Å². The fraction of sp³-hybridized carbons (Fsp3) is 0.500. The highest BCUT2D eigenvalue weighted by atomic mass is 16.4. The van der Waals surface area contributed by atoms with Gasteiger partial charge in [-0.1, -0.05) is 0 Å². The highest BCUT2D eigenvalue weighted by Crippen LogP contribution is 2.26. The van der Waals surface area contributed by atoms with Crippen molar-refractivity contribution in [2.24, 2.45) is 0 Å². The number of carbonyl (C=O) groups is 2. The Balaban J connectivity index is 3.22. The minimum Gasteiger partial charge on any atom is -0.480 e. The third kappa shape index (κ3) is 3.42. The minimum absolute atomic E-state index is 0.0109. The Bertz CT molecular complexity index is 549. The molecule has 1 amide bonds. The van der Waals surface area contributed by atoms with Crippen LogP contribution in [-0.2, 0) is 4.79 Å². The summed E-state index contributed by atoms with van der Waals surface area (Å²) in [4.78, 5) is 23.5. The number of aliphatic carboxylic acids is 1. The van der Waals surface area contributed by atoms with Gasteiger partial charge in [0.2, 0.25) is 0 Å². The Hall–Kier alpha value is -1.88. The lowest BCUT2D eigenvalue weighted by molar-refractivity contribution is -0.139. The molecule has 3 N–H and O–H groups in total. The van der Waals surface area contributed by atoms with Crippen LogP contribution in [0.25, 0.3) is 0 Å². The number of hydrogen-bond donors (Lipinski definition) is 3. The number of benzene rings is 1. The third-order valence-corrected chi connectivity index (χ3v) is 4.25. The molecular weight excluding hydrogens is 270 g/mol. The summed E-state index contributed by atoms with van der Waals surface area (Å²) in [5.41, 5.74) is 5.48. The van der Waals surface area contributed by atoms with E-state index >= 15 is 0 Å². The number of amides is 1. The molecule has 1 atom stereocenters. The number of carboxylic acid groups (broad SMARTS) is 1. The van der Waals surface area contributed by atoms with Gasteiger partial charge >= 0.3 is 5.97 Å². The fourth-order valence-electron chi connectivity index (χ4n) is 2.46. The molecule has 0 aliphatic rings. The van der Waals surface area contributed by atoms with E-state index in [9.17, 15) is 9.59 Å². The number of aliphatic hydroxyl groups excluding tert-OH is 1. The molecule has 116 valence electrons. The van der Waals surface area contributed by atoms with Gasteiger partial charge in [0, 0.05) is 18.6 Å². The Morgan fingerprint density at radius 2 is 1.38 bits per heavy atom. The van der Waals surface area contributed by atoms with Gasteiger partial charge in [0.05, 0.1) is 0 Å². The second-order valence-electron chi connectivity index (χ2n) is 5.38. The predicted octanol–water partition coefficient (Wildman–Crippen LogP) is 1.79. The first-order valence-corrected chi connectivity index (χ1v) is 6.93. The molecule has 0 bridgehead atoms. The molecule has 0 aliphatic carbocycles. The zero-order valence-corrected chi connectivity index (χ0v) is 13.2. The maximum absolute atomic E-state index is 12.4. The van der Waals surface area contributed by atoms with Crippen LogP contribution < -0.4 is 5.32 Å². The van der Waals surface area contributed by atoms with Crippen LogP contribution in [0.3, 0.4) is 0 Å². The summed E-state index contributed by atoms with van der Waals surface area (Å²) in [5, 5.41) is 20.4. The Morgan fingerprint density at radius 1 is 0.952 bits per heavy atom. The van der Waals surface area contributed by atoms with E-state index in [2.05, 4.69) is 5.32 Å². The number of carboxylic acids is 1. The van der Waals surface area contributed by atoms with Crippen LogP contribution in [0, 0.1) is 34.6 Å². The average molecular weight is 293 g/mol. The molecule has 0 unspecified atom stereocenters. The number of rotatable bonds is 5. The van der Waals surface area contributed by atoms with Gasteiger partial charge in [-0.25, -0.2) is 4.79 Å². The Morgan fingerprint density at radius 3 is 1.76 bits per heavy atom. The van der Waals surface area contributed by atoms with Gasteiger partial charge in [-0.3, -0.25) is 4.79 Å². The van der Waals surface area contributed by atoms with Crippen LogP contribution in [0.5, 0.6) is 0 Å². The first-order chi connectivity index (χ1) is 9.72. The molecule has 21 heavy (non-hydrogen) atoms. The quantitative estimate of drug-likeness (QED) is 0.772. The molecule has 0 aromatic heterocycles. The first-order valence-electron chi connectivity index (χ1n) is 6.93. The molecule has 0 fully saturated rings. The summed E-state index contributed by atoms with van der Waals surface area (Å²) in [5.74, 6) is -1.55. The van der Waals surface area contributed by atoms with Crippen molar-refractivity contribution in [3.63, 3.8) is 0 Å². The molecular formula is C16H23NO4. The van der Waals surface area contributed by atoms with Crippen molar-refractivity contribution in [3.8, 4) is 0 Å². The lowest BCUT2D eigenvalue weighted by Crippen LogP contribution is -2.42. The molecule has 0 heterocycles. The number of carbonyl (C=O) groups excluding carboxylic acids is 1. The van der Waals surface area contributed by atoms with Crippen LogP contribution in [-0.4, -0.2) is 34.7 Å². The van der Waals surface area contributed by atoms with Gasteiger partial charge in [0.1, 0.15) is 6.04 Å². The summed E-state index contributed by atoms with van der Waals surface area (Å²) in [6.07, 6.45) is -0.0109. The maximum Gasteiger partial charge on any atom is 0.326 e. The van der Waals surface area contributed by atoms with Crippen molar-refractivity contribution < 1.29 is 19.8 Å². The molecule has 0 spiro atoms. The fourth-order valence-corrected chi connectivity index (χ4v) is 2.46. The van der Waals surface area contributed by atoms with E-state index < -0.39 is 17.9 Å². The van der Waals surface area contributed by atoms with Crippen molar-refractivity contribution in [2.45, 2.75) is 47.1 Å². The van der Waals surface area contributed by atoms with Crippen molar-refractivity contribution in [3.05, 3.63) is 33.4 Å². The molecule has 1 rings (SSSR count). The van der Waals surface area contributed by atoms with Gasteiger partial charge in [-0.05, 0) is 62.4 Å². The van der Waals surface area contributed by atoms with E-state index in [1.807, 2.05) is 34.6 Å². The summed E-state index contributed by atoms with van der Waals surface area (Å²) in [6, 6.07) is -1.08. The first kappa shape index (κ1) is 17.2. The average Bonchev–Trinajstić information content (AvgIpc) is 2.42. The highest BCUT2D eigenvalue weighted by Gasteiger charge is 2.23. The Labute approximate surface area is 125 Å². The molecule has 1 aromatic carbocycles. The zero-order valence-electron chi connectivity index (χ0n) is 13.2. The van der Waals surface area contributed by atoms with Crippen LogP contribution >= 0.6 is 0 Å². The van der Waals surface area contributed by atoms with E-state index in [0.717, 1.165) is 27.8 Å². The molecule has 1 aromatic rings. The number of hydrogen-bond acceptors (Lipinski definition) is 3. The third-order valence-electron chi connectivity index (χ3n) is 4.25. The van der Waals surface area contributed by atoms with Crippen molar-refractivity contribution in [1.29, 1.82) is 0 Å². The van der Waals surface area contributed by atoms with E-state index in [1.54, 1.807) is 0 Å². The summed E-state index contributed by atoms with van der Waals surface area (Å²) in [7, 11) is 0. The van der Waals surface area contributed by atoms with Gasteiger partial charge in [0.25, 0.3) is 5.91 Å². The topological polar surface area (TPSA) is 86.6 Å². The van der Waals surface area contributed by atoms with Crippen molar-refractivity contribution in [1.82, 2.24) is 5.32 Å². The highest BCUT2D eigenvalue weighted by molar-refractivity contribution is 5.99. The summed E-state index contributed by atoms with van der Waals surface area (Å²) < 4.78 is 0. The lowest BCUT2D eigenvalue weighted by Gasteiger charge is -2.20. The SMILES string of the molecule is Cc1c(C)c(C)c(C(=O)N[C@@H](CCO)C(=O)O)c(C)c1C. The molecule has 0 aliphatic heterocycles. The molecule has 5 nitrogen and oxygen atoms in total. The van der Waals surface area contributed by atoms with Gasteiger partial charge in [-0.15, -0.1) is 0 Å². The van der Waals surface area contributed by atoms with E-state index in [4.69, 9.17) is 10.2 Å². The van der Waals surface area contributed by atoms with Crippen molar-refractivity contribution in [2.75, 3.05) is 6.61 Å². The number of aliphatic hydroxyl groups is 1. The van der Waals surface area contributed by atoms with Crippen LogP contribution in [0.2, 0.25) is 0 Å². The van der Waals surface area contributed by atoms with E-state index in [1.165, 1.54) is 0 Å².